The van der Waals surface area contributed by atoms with Crippen LogP contribution in [0, 0.1) is 0 Å². The van der Waals surface area contributed by atoms with Crippen LogP contribution in [0.5, 0.6) is 0 Å². The van der Waals surface area contributed by atoms with Gasteiger partial charge in [0.05, 0.1) is 18.1 Å². The maximum atomic E-state index is 12.8. The normalized spacial score (nSPS) is 12.1. The van der Waals surface area contributed by atoms with Crippen LogP contribution in [0.3, 0.4) is 0 Å². The summed E-state index contributed by atoms with van der Waals surface area (Å²) >= 11 is 8.97. The van der Waals surface area contributed by atoms with Gasteiger partial charge >= 0.3 is 0 Å². The smallest absolute Gasteiger partial charge is 0.231 e. The van der Waals surface area contributed by atoms with Crippen molar-refractivity contribution in [3.05, 3.63) is 75.6 Å². The van der Waals surface area contributed by atoms with Crippen LogP contribution in [0.25, 0.3) is 11.6 Å². The Balaban J connectivity index is 1.46. The zero-order valence-electron chi connectivity index (χ0n) is 16.1. The van der Waals surface area contributed by atoms with Crippen molar-refractivity contribution in [2.75, 3.05) is 5.75 Å². The average Bonchev–Trinajstić information content (AvgIpc) is 3.52. The lowest BCUT2D eigenvalue weighted by Crippen LogP contribution is -2.30. The molecule has 1 unspecified atom stereocenters. The molecule has 6 nitrogen and oxygen atoms in total. The highest BCUT2D eigenvalue weighted by Crippen LogP contribution is 2.27. The Morgan fingerprint density at radius 3 is 2.73 bits per heavy atom. The van der Waals surface area contributed by atoms with Crippen LogP contribution in [0.2, 0.25) is 5.02 Å². The quantitative estimate of drug-likeness (QED) is 0.364. The topological polar surface area (TPSA) is 73.0 Å². The van der Waals surface area contributed by atoms with Gasteiger partial charge in [0.2, 0.25) is 5.91 Å². The van der Waals surface area contributed by atoms with Gasteiger partial charge in [0.25, 0.3) is 0 Å². The number of furan rings is 1. The number of carbonyl (C=O) groups excluding carboxylic acids is 1. The second-order valence-electron chi connectivity index (χ2n) is 6.43. The number of aromatic nitrogens is 3. The molecule has 9 heteroatoms. The summed E-state index contributed by atoms with van der Waals surface area (Å²) in [7, 11) is 0. The third-order valence-corrected chi connectivity index (χ3v) is 6.41. The van der Waals surface area contributed by atoms with Gasteiger partial charge in [0.15, 0.2) is 16.7 Å². The summed E-state index contributed by atoms with van der Waals surface area (Å²) in [5.41, 5.74) is 2.02. The summed E-state index contributed by atoms with van der Waals surface area (Å²) in [4.78, 5) is 12.8. The Labute approximate surface area is 187 Å². The zero-order valence-corrected chi connectivity index (χ0v) is 18.5. The first-order valence-electron chi connectivity index (χ1n) is 9.32. The largest absolute Gasteiger partial charge is 0.461 e. The number of nitrogens with zero attached hydrogens (tertiary/aromatic N) is 3. The minimum absolute atomic E-state index is 0.0867. The Hall–Kier alpha value is -2.55. The predicted molar refractivity (Wildman–Crippen MR) is 120 cm³/mol. The van der Waals surface area contributed by atoms with Crippen molar-refractivity contribution >= 4 is 40.6 Å². The molecule has 1 N–H and O–H groups in total. The second-order valence-corrected chi connectivity index (χ2v) is 8.58. The molecule has 3 aromatic heterocycles. The maximum absolute atomic E-state index is 12.8. The van der Waals surface area contributed by atoms with Gasteiger partial charge < -0.3 is 9.73 Å². The first-order valence-corrected chi connectivity index (χ1v) is 11.6. The minimum atomic E-state index is -0.232. The van der Waals surface area contributed by atoms with Crippen molar-refractivity contribution in [2.24, 2.45) is 0 Å². The molecule has 1 aromatic carbocycles. The van der Waals surface area contributed by atoms with E-state index >= 15 is 0 Å². The fourth-order valence-corrected chi connectivity index (χ4v) is 4.68. The SMILES string of the molecule is CCn1c(SCC(=O)NC(c2ccc(Cl)cc2)c2ccsc2)nnc1-c1ccco1. The molecular formula is C21H19ClN4O2S2. The van der Waals surface area contributed by atoms with Crippen molar-refractivity contribution in [2.45, 2.75) is 24.7 Å². The first kappa shape index (κ1) is 20.7. The lowest BCUT2D eigenvalue weighted by molar-refractivity contribution is -0.119. The van der Waals surface area contributed by atoms with Crippen molar-refractivity contribution in [3.63, 3.8) is 0 Å². The highest BCUT2D eigenvalue weighted by atomic mass is 35.5. The summed E-state index contributed by atoms with van der Waals surface area (Å²) in [6, 6.07) is 13.0. The summed E-state index contributed by atoms with van der Waals surface area (Å²) in [5, 5.41) is 17.0. The Morgan fingerprint density at radius 1 is 1.23 bits per heavy atom. The minimum Gasteiger partial charge on any atom is -0.461 e. The highest BCUT2D eigenvalue weighted by molar-refractivity contribution is 7.99. The van der Waals surface area contributed by atoms with Gasteiger partial charge in [0.1, 0.15) is 0 Å². The van der Waals surface area contributed by atoms with Crippen molar-refractivity contribution in [1.82, 2.24) is 20.1 Å². The Bertz CT molecular complexity index is 1090. The van der Waals surface area contributed by atoms with Crippen LogP contribution in [-0.4, -0.2) is 26.4 Å². The Morgan fingerprint density at radius 2 is 2.07 bits per heavy atom. The number of nitrogens with one attached hydrogen (secondary N) is 1. The van der Waals surface area contributed by atoms with Gasteiger partial charge in [-0.3, -0.25) is 9.36 Å². The lowest BCUT2D eigenvalue weighted by Gasteiger charge is -2.18. The number of thioether (sulfide) groups is 1. The monoisotopic (exact) mass is 458 g/mol. The van der Waals surface area contributed by atoms with E-state index in [1.165, 1.54) is 11.8 Å². The average molecular weight is 459 g/mol. The molecule has 0 aliphatic carbocycles. The summed E-state index contributed by atoms with van der Waals surface area (Å²) in [6.07, 6.45) is 1.60. The van der Waals surface area contributed by atoms with Gasteiger partial charge in [-0.15, -0.1) is 10.2 Å². The van der Waals surface area contributed by atoms with E-state index < -0.39 is 0 Å². The number of amides is 1. The zero-order chi connectivity index (χ0) is 20.9. The predicted octanol–water partition coefficient (Wildman–Crippen LogP) is 5.27. The molecule has 0 radical (unpaired) electrons. The number of hydrogen-bond donors (Lipinski definition) is 1. The molecule has 0 saturated carbocycles. The van der Waals surface area contributed by atoms with Crippen LogP contribution in [-0.2, 0) is 11.3 Å². The molecule has 0 spiro atoms. The molecular weight excluding hydrogens is 440 g/mol. The number of thiophene rings is 1. The van der Waals surface area contributed by atoms with Crippen molar-refractivity contribution in [3.8, 4) is 11.6 Å². The van der Waals surface area contributed by atoms with Gasteiger partial charge in [-0.25, -0.2) is 0 Å². The summed E-state index contributed by atoms with van der Waals surface area (Å²) in [6.45, 7) is 2.68. The maximum Gasteiger partial charge on any atom is 0.231 e. The molecule has 0 bridgehead atoms. The molecule has 30 heavy (non-hydrogen) atoms. The van der Waals surface area contributed by atoms with E-state index in [0.717, 1.165) is 11.1 Å². The standard InChI is InChI=1S/C21H19ClN4O2S2/c1-2-26-20(17-4-3-10-28-17)24-25-21(26)30-13-18(27)23-19(15-9-11-29-12-15)14-5-7-16(22)8-6-14/h3-12,19H,2,13H2,1H3,(H,23,27). The fourth-order valence-electron chi connectivity index (χ4n) is 3.05. The van der Waals surface area contributed by atoms with E-state index in [-0.39, 0.29) is 17.7 Å². The van der Waals surface area contributed by atoms with Crippen molar-refractivity contribution < 1.29 is 9.21 Å². The van der Waals surface area contributed by atoms with Gasteiger partial charge in [0, 0.05) is 11.6 Å². The van der Waals surface area contributed by atoms with E-state index in [1.807, 2.05) is 64.7 Å². The van der Waals surface area contributed by atoms with Crippen LogP contribution in [0.15, 0.2) is 69.1 Å². The summed E-state index contributed by atoms with van der Waals surface area (Å²) in [5.74, 6) is 1.45. The van der Waals surface area contributed by atoms with E-state index in [2.05, 4.69) is 15.5 Å². The molecule has 0 aliphatic rings. The molecule has 4 aromatic rings. The Kier molecular flexibility index (Phi) is 6.56. The van der Waals surface area contributed by atoms with Gasteiger partial charge in [-0.05, 0) is 59.1 Å². The third-order valence-electron chi connectivity index (χ3n) is 4.49. The number of rotatable bonds is 8. The van der Waals surface area contributed by atoms with E-state index in [1.54, 1.807) is 17.6 Å². The van der Waals surface area contributed by atoms with Crippen LogP contribution >= 0.6 is 34.7 Å². The molecule has 0 fully saturated rings. The number of hydrogen-bond acceptors (Lipinski definition) is 6. The van der Waals surface area contributed by atoms with E-state index in [4.69, 9.17) is 16.0 Å². The molecule has 3 heterocycles. The molecule has 0 aliphatic heterocycles. The number of halogens is 1. The van der Waals surface area contributed by atoms with Gasteiger partial charge in [-0.1, -0.05) is 35.5 Å². The molecule has 1 amide bonds. The van der Waals surface area contributed by atoms with Crippen LogP contribution in [0.1, 0.15) is 24.1 Å². The fraction of sp³-hybridized carbons (Fsp3) is 0.190. The highest BCUT2D eigenvalue weighted by Gasteiger charge is 2.20. The van der Waals surface area contributed by atoms with E-state index in [9.17, 15) is 4.79 Å². The molecule has 0 saturated heterocycles. The lowest BCUT2D eigenvalue weighted by atomic mass is 10.0. The second kappa shape index (κ2) is 9.51. The molecule has 4 rings (SSSR count). The number of benzene rings is 1. The van der Waals surface area contributed by atoms with Crippen molar-refractivity contribution in [1.29, 1.82) is 0 Å². The first-order chi connectivity index (χ1) is 14.7. The van der Waals surface area contributed by atoms with Crippen LogP contribution in [0.4, 0.5) is 0 Å². The number of carbonyl (C=O) groups is 1. The van der Waals surface area contributed by atoms with Gasteiger partial charge in [-0.2, -0.15) is 11.3 Å². The third kappa shape index (κ3) is 4.61. The molecule has 1 atom stereocenters. The summed E-state index contributed by atoms with van der Waals surface area (Å²) < 4.78 is 7.37. The molecule has 154 valence electrons. The van der Waals surface area contributed by atoms with E-state index in [0.29, 0.717) is 28.3 Å². The van der Waals surface area contributed by atoms with Crippen LogP contribution < -0.4 is 5.32 Å².